The van der Waals surface area contributed by atoms with Crippen molar-refractivity contribution in [3.8, 4) is 11.3 Å². The molecule has 1 aliphatic carbocycles. The average Bonchev–Trinajstić information content (AvgIpc) is 3.42. The molecule has 8 heteroatoms. The van der Waals surface area contributed by atoms with E-state index >= 15 is 0 Å². The van der Waals surface area contributed by atoms with Gasteiger partial charge in [-0.05, 0) is 49.9 Å². The van der Waals surface area contributed by atoms with E-state index in [4.69, 9.17) is 0 Å². The number of pyridine rings is 1. The maximum absolute atomic E-state index is 12.6. The molecule has 0 spiro atoms. The van der Waals surface area contributed by atoms with Crippen molar-refractivity contribution in [1.82, 2.24) is 34.7 Å². The van der Waals surface area contributed by atoms with Crippen molar-refractivity contribution in [1.29, 1.82) is 0 Å². The van der Waals surface area contributed by atoms with Crippen LogP contribution < -0.4 is 5.32 Å². The molecule has 5 rings (SSSR count). The predicted molar refractivity (Wildman–Crippen MR) is 107 cm³/mol. The zero-order chi connectivity index (χ0) is 19.6. The summed E-state index contributed by atoms with van der Waals surface area (Å²) < 4.78 is 3.75. The van der Waals surface area contributed by atoms with Gasteiger partial charge in [-0.25, -0.2) is 14.5 Å². The van der Waals surface area contributed by atoms with E-state index < -0.39 is 0 Å². The monoisotopic (exact) mass is 387 g/mol. The summed E-state index contributed by atoms with van der Waals surface area (Å²) in [5.41, 5.74) is 3.24. The Morgan fingerprint density at radius 1 is 1.14 bits per heavy atom. The maximum atomic E-state index is 12.6. The summed E-state index contributed by atoms with van der Waals surface area (Å²) in [5, 5.41) is 12.0. The number of rotatable bonds is 4. The van der Waals surface area contributed by atoms with Crippen LogP contribution in [0.5, 0.6) is 0 Å². The minimum absolute atomic E-state index is 0.109. The third-order valence-electron chi connectivity index (χ3n) is 5.49. The Balaban J connectivity index is 1.19. The topological polar surface area (TPSA) is 90.0 Å². The fraction of sp³-hybridized carbons (Fsp3) is 0.286. The van der Waals surface area contributed by atoms with Gasteiger partial charge in [0.2, 0.25) is 0 Å². The van der Waals surface area contributed by atoms with Gasteiger partial charge in [0.25, 0.3) is 5.91 Å². The summed E-state index contributed by atoms with van der Waals surface area (Å²) >= 11 is 0. The van der Waals surface area contributed by atoms with Gasteiger partial charge in [-0.3, -0.25) is 9.48 Å². The fourth-order valence-electron chi connectivity index (χ4n) is 3.92. The molecule has 4 heterocycles. The third kappa shape index (κ3) is 3.61. The van der Waals surface area contributed by atoms with Gasteiger partial charge in [-0.2, -0.15) is 10.2 Å². The summed E-state index contributed by atoms with van der Waals surface area (Å²) in [5.74, 6) is -0.109. The molecule has 1 saturated carbocycles. The first kappa shape index (κ1) is 17.5. The van der Waals surface area contributed by atoms with E-state index in [9.17, 15) is 4.79 Å². The lowest BCUT2D eigenvalue weighted by Gasteiger charge is -2.29. The first-order chi connectivity index (χ1) is 14.3. The second kappa shape index (κ2) is 7.46. The highest BCUT2D eigenvalue weighted by molar-refractivity contribution is 5.93. The Bertz CT molecular complexity index is 1090. The normalized spacial score (nSPS) is 19.3. The predicted octanol–water partition coefficient (Wildman–Crippen LogP) is 2.90. The smallest absolute Gasteiger partial charge is 0.272 e. The quantitative estimate of drug-likeness (QED) is 0.581. The van der Waals surface area contributed by atoms with Crippen LogP contribution in [0.25, 0.3) is 16.8 Å². The number of carbonyl (C=O) groups is 1. The molecule has 4 aromatic rings. The molecule has 0 unspecified atom stereocenters. The summed E-state index contributed by atoms with van der Waals surface area (Å²) in [6, 6.07) is 9.98. The van der Waals surface area contributed by atoms with Gasteiger partial charge in [-0.15, -0.1) is 0 Å². The van der Waals surface area contributed by atoms with E-state index in [1.54, 1.807) is 17.0 Å². The van der Waals surface area contributed by atoms with Crippen molar-refractivity contribution < 1.29 is 4.79 Å². The molecule has 8 nitrogen and oxygen atoms in total. The van der Waals surface area contributed by atoms with Crippen LogP contribution in [0.2, 0.25) is 0 Å². The van der Waals surface area contributed by atoms with Crippen LogP contribution in [0.15, 0.2) is 61.4 Å². The highest BCUT2D eigenvalue weighted by Gasteiger charge is 2.25. The van der Waals surface area contributed by atoms with Crippen LogP contribution >= 0.6 is 0 Å². The molecular weight excluding hydrogens is 366 g/mol. The number of carbonyl (C=O) groups excluding carboxylic acids is 1. The van der Waals surface area contributed by atoms with Crippen molar-refractivity contribution in [2.75, 3.05) is 0 Å². The molecule has 1 aliphatic rings. The molecule has 0 bridgehead atoms. The SMILES string of the molecule is O=C(NC1CCC(n2cc(-c3ccncn3)cn2)CC1)c1cc2ccccn2n1. The van der Waals surface area contributed by atoms with Crippen molar-refractivity contribution in [2.24, 2.45) is 0 Å². The van der Waals surface area contributed by atoms with E-state index in [0.717, 1.165) is 42.5 Å². The summed E-state index contributed by atoms with van der Waals surface area (Å²) in [6.07, 6.45) is 12.8. The molecule has 0 radical (unpaired) electrons. The van der Waals surface area contributed by atoms with E-state index in [1.807, 2.05) is 53.6 Å². The van der Waals surface area contributed by atoms with Gasteiger partial charge in [0.15, 0.2) is 5.69 Å². The number of amides is 1. The van der Waals surface area contributed by atoms with Crippen LogP contribution in [0.3, 0.4) is 0 Å². The molecule has 0 saturated heterocycles. The van der Waals surface area contributed by atoms with Crippen molar-refractivity contribution in [3.63, 3.8) is 0 Å². The molecule has 1 N–H and O–H groups in total. The van der Waals surface area contributed by atoms with E-state index in [1.165, 1.54) is 0 Å². The van der Waals surface area contributed by atoms with Gasteiger partial charge in [0, 0.05) is 30.2 Å². The van der Waals surface area contributed by atoms with Gasteiger partial charge in [-0.1, -0.05) is 6.07 Å². The second-order valence-corrected chi connectivity index (χ2v) is 7.38. The molecule has 0 aromatic carbocycles. The Labute approximate surface area is 167 Å². The largest absolute Gasteiger partial charge is 0.348 e. The number of fused-ring (bicyclic) bond motifs is 1. The summed E-state index contributed by atoms with van der Waals surface area (Å²) in [6.45, 7) is 0. The lowest BCUT2D eigenvalue weighted by molar-refractivity contribution is 0.0916. The minimum atomic E-state index is -0.109. The molecule has 4 aromatic heterocycles. The summed E-state index contributed by atoms with van der Waals surface area (Å²) in [4.78, 5) is 20.8. The van der Waals surface area contributed by atoms with Gasteiger partial charge in [0.05, 0.1) is 23.4 Å². The van der Waals surface area contributed by atoms with Crippen LogP contribution in [0.1, 0.15) is 42.2 Å². The van der Waals surface area contributed by atoms with Crippen molar-refractivity contribution in [2.45, 2.75) is 37.8 Å². The lowest BCUT2D eigenvalue weighted by atomic mass is 9.91. The molecular formula is C21H21N7O. The molecule has 0 atom stereocenters. The molecule has 1 amide bonds. The third-order valence-corrected chi connectivity index (χ3v) is 5.49. The molecule has 29 heavy (non-hydrogen) atoms. The Kier molecular flexibility index (Phi) is 4.51. The van der Waals surface area contributed by atoms with Crippen LogP contribution in [-0.4, -0.2) is 41.3 Å². The number of aromatic nitrogens is 6. The highest BCUT2D eigenvalue weighted by Crippen LogP contribution is 2.29. The highest BCUT2D eigenvalue weighted by atomic mass is 16.2. The van der Waals surface area contributed by atoms with E-state index in [0.29, 0.717) is 11.7 Å². The van der Waals surface area contributed by atoms with Gasteiger partial charge >= 0.3 is 0 Å². The second-order valence-electron chi connectivity index (χ2n) is 7.38. The Morgan fingerprint density at radius 2 is 2.03 bits per heavy atom. The minimum Gasteiger partial charge on any atom is -0.348 e. The van der Waals surface area contributed by atoms with Gasteiger partial charge in [0.1, 0.15) is 6.33 Å². The van der Waals surface area contributed by atoms with E-state index in [2.05, 4.69) is 25.5 Å². The van der Waals surface area contributed by atoms with Crippen LogP contribution in [-0.2, 0) is 0 Å². The fourth-order valence-corrected chi connectivity index (χ4v) is 3.92. The zero-order valence-electron chi connectivity index (χ0n) is 15.8. The first-order valence-electron chi connectivity index (χ1n) is 9.82. The maximum Gasteiger partial charge on any atom is 0.272 e. The van der Waals surface area contributed by atoms with Crippen molar-refractivity contribution >= 4 is 11.4 Å². The summed E-state index contributed by atoms with van der Waals surface area (Å²) in [7, 11) is 0. The number of nitrogens with zero attached hydrogens (tertiary/aromatic N) is 6. The molecule has 146 valence electrons. The lowest BCUT2D eigenvalue weighted by Crippen LogP contribution is -2.38. The number of hydrogen-bond donors (Lipinski definition) is 1. The van der Waals surface area contributed by atoms with Crippen LogP contribution in [0, 0.1) is 0 Å². The van der Waals surface area contributed by atoms with E-state index in [-0.39, 0.29) is 11.9 Å². The average molecular weight is 387 g/mol. The zero-order valence-corrected chi connectivity index (χ0v) is 15.8. The first-order valence-corrected chi connectivity index (χ1v) is 9.82. The van der Waals surface area contributed by atoms with Gasteiger partial charge < -0.3 is 5.32 Å². The van der Waals surface area contributed by atoms with Crippen molar-refractivity contribution in [3.05, 3.63) is 67.1 Å². The Morgan fingerprint density at radius 3 is 2.83 bits per heavy atom. The van der Waals surface area contributed by atoms with Crippen LogP contribution in [0.4, 0.5) is 0 Å². The molecule has 1 fully saturated rings. The Hall–Kier alpha value is -3.55. The number of nitrogens with one attached hydrogen (secondary N) is 1. The number of hydrogen-bond acceptors (Lipinski definition) is 5. The molecule has 0 aliphatic heterocycles. The standard InChI is InChI=1S/C21H21N7O/c29-21(20-11-18-3-1-2-10-27(18)26-20)25-16-4-6-17(7-5-16)28-13-15(12-24-28)19-8-9-22-14-23-19/h1-3,8-14,16-17H,4-7H2,(H,25,29).